The Morgan fingerprint density at radius 3 is 3.00 bits per heavy atom. The van der Waals surface area contributed by atoms with Gasteiger partial charge >= 0.3 is 0 Å². The van der Waals surface area contributed by atoms with Crippen molar-refractivity contribution in [2.75, 3.05) is 6.54 Å². The molecule has 1 aromatic rings. The van der Waals surface area contributed by atoms with E-state index in [-0.39, 0.29) is 5.82 Å². The summed E-state index contributed by atoms with van der Waals surface area (Å²) in [7, 11) is 0. The van der Waals surface area contributed by atoms with Crippen LogP contribution in [0.15, 0.2) is 18.5 Å². The van der Waals surface area contributed by atoms with Gasteiger partial charge in [-0.2, -0.15) is 0 Å². The highest BCUT2D eigenvalue weighted by Gasteiger charge is 2.20. The largest absolute Gasteiger partial charge is 0.314 e. The maximum atomic E-state index is 12.9. The molecule has 1 N–H and O–H groups in total. The molecule has 1 fully saturated rings. The minimum Gasteiger partial charge on any atom is -0.314 e. The first kappa shape index (κ1) is 10.6. The van der Waals surface area contributed by atoms with Gasteiger partial charge in [0.1, 0.15) is 5.82 Å². The van der Waals surface area contributed by atoms with Crippen molar-refractivity contribution >= 4 is 0 Å². The number of hydrogen-bond acceptors (Lipinski definition) is 2. The zero-order chi connectivity index (χ0) is 10.7. The summed E-state index contributed by atoms with van der Waals surface area (Å²) in [5.74, 6) is 0.295. The van der Waals surface area contributed by atoms with Gasteiger partial charge in [-0.3, -0.25) is 4.98 Å². The number of rotatable bonds is 5. The molecule has 0 bridgehead atoms. The van der Waals surface area contributed by atoms with Gasteiger partial charge in [-0.25, -0.2) is 4.39 Å². The van der Waals surface area contributed by atoms with Crippen LogP contribution in [-0.4, -0.2) is 17.6 Å². The zero-order valence-corrected chi connectivity index (χ0v) is 9.04. The molecule has 15 heavy (non-hydrogen) atoms. The summed E-state index contributed by atoms with van der Waals surface area (Å²) in [6, 6.07) is 2.32. The Hall–Kier alpha value is -0.960. The first-order valence-electron chi connectivity index (χ1n) is 5.57. The fourth-order valence-electron chi connectivity index (χ4n) is 1.70. The van der Waals surface area contributed by atoms with E-state index >= 15 is 0 Å². The van der Waals surface area contributed by atoms with Gasteiger partial charge in [0, 0.05) is 12.2 Å². The second-order valence-corrected chi connectivity index (χ2v) is 4.50. The molecule has 2 rings (SSSR count). The van der Waals surface area contributed by atoms with E-state index in [1.807, 2.05) is 0 Å². The van der Waals surface area contributed by atoms with Crippen LogP contribution in [0.3, 0.4) is 0 Å². The van der Waals surface area contributed by atoms with Gasteiger partial charge in [-0.15, -0.1) is 0 Å². The predicted molar refractivity (Wildman–Crippen MR) is 58.1 cm³/mol. The van der Waals surface area contributed by atoms with E-state index in [0.29, 0.717) is 5.92 Å². The van der Waals surface area contributed by atoms with Gasteiger partial charge in [-0.05, 0) is 43.4 Å². The summed E-state index contributed by atoms with van der Waals surface area (Å²) in [6.45, 7) is 3.20. The molecule has 0 aliphatic heterocycles. The third-order valence-electron chi connectivity index (χ3n) is 2.68. The molecular formula is C12H17FN2. The number of hydrogen-bond donors (Lipinski definition) is 1. The highest BCUT2D eigenvalue weighted by molar-refractivity contribution is 5.10. The van der Waals surface area contributed by atoms with E-state index in [0.717, 1.165) is 24.6 Å². The molecule has 1 aliphatic rings. The van der Waals surface area contributed by atoms with Crippen LogP contribution in [0.5, 0.6) is 0 Å². The van der Waals surface area contributed by atoms with Crippen LogP contribution in [-0.2, 0) is 6.42 Å². The monoisotopic (exact) mass is 208 g/mol. The lowest BCUT2D eigenvalue weighted by atomic mass is 10.0. The van der Waals surface area contributed by atoms with E-state index in [9.17, 15) is 4.39 Å². The molecule has 1 saturated carbocycles. The number of nitrogens with zero attached hydrogens (tertiary/aromatic N) is 1. The minimum atomic E-state index is -0.241. The van der Waals surface area contributed by atoms with Crippen molar-refractivity contribution in [3.8, 4) is 0 Å². The SMILES string of the molecule is CC(CNC1CC1)Cc1cncc(F)c1. The van der Waals surface area contributed by atoms with E-state index in [2.05, 4.69) is 17.2 Å². The highest BCUT2D eigenvalue weighted by atomic mass is 19.1. The van der Waals surface area contributed by atoms with Gasteiger partial charge in [0.2, 0.25) is 0 Å². The molecule has 0 aromatic carbocycles. The quantitative estimate of drug-likeness (QED) is 0.802. The van der Waals surface area contributed by atoms with Gasteiger partial charge in [0.25, 0.3) is 0 Å². The lowest BCUT2D eigenvalue weighted by molar-refractivity contribution is 0.506. The molecule has 82 valence electrons. The van der Waals surface area contributed by atoms with Crippen molar-refractivity contribution in [1.29, 1.82) is 0 Å². The molecule has 0 spiro atoms. The van der Waals surface area contributed by atoms with Gasteiger partial charge < -0.3 is 5.32 Å². The normalized spacial score (nSPS) is 17.7. The van der Waals surface area contributed by atoms with Crippen LogP contribution in [0.25, 0.3) is 0 Å². The summed E-state index contributed by atoms with van der Waals surface area (Å²) >= 11 is 0. The van der Waals surface area contributed by atoms with Crippen LogP contribution in [0.4, 0.5) is 4.39 Å². The zero-order valence-electron chi connectivity index (χ0n) is 9.04. The second-order valence-electron chi connectivity index (χ2n) is 4.50. The number of halogens is 1. The Labute approximate surface area is 89.9 Å². The summed E-state index contributed by atoms with van der Waals surface area (Å²) in [4.78, 5) is 3.85. The molecule has 0 saturated heterocycles. The summed E-state index contributed by atoms with van der Waals surface area (Å²) in [6.07, 6.45) is 6.51. The molecule has 1 unspecified atom stereocenters. The van der Waals surface area contributed by atoms with Crippen molar-refractivity contribution in [3.05, 3.63) is 29.8 Å². The van der Waals surface area contributed by atoms with Crippen LogP contribution >= 0.6 is 0 Å². The maximum Gasteiger partial charge on any atom is 0.141 e. The molecule has 1 heterocycles. The third kappa shape index (κ3) is 3.59. The fourth-order valence-corrected chi connectivity index (χ4v) is 1.70. The van der Waals surface area contributed by atoms with E-state index in [4.69, 9.17) is 0 Å². The molecule has 1 atom stereocenters. The van der Waals surface area contributed by atoms with Crippen molar-refractivity contribution in [2.24, 2.45) is 5.92 Å². The highest BCUT2D eigenvalue weighted by Crippen LogP contribution is 2.19. The lowest BCUT2D eigenvalue weighted by Gasteiger charge is -2.11. The van der Waals surface area contributed by atoms with Crippen molar-refractivity contribution in [2.45, 2.75) is 32.2 Å². The first-order chi connectivity index (χ1) is 7.24. The summed E-state index contributed by atoms with van der Waals surface area (Å²) in [5, 5.41) is 3.48. The Bertz CT molecular complexity index is 323. The molecule has 0 amide bonds. The second kappa shape index (κ2) is 4.71. The Balaban J connectivity index is 1.79. The van der Waals surface area contributed by atoms with Gasteiger partial charge in [0.05, 0.1) is 6.20 Å². The standard InChI is InChI=1S/C12H17FN2/c1-9(6-15-12-2-3-12)4-10-5-11(13)8-14-7-10/h5,7-9,12,15H,2-4,6H2,1H3. The predicted octanol–water partition coefficient (Wildman–Crippen LogP) is 2.15. The molecule has 0 radical (unpaired) electrons. The average molecular weight is 208 g/mol. The number of aromatic nitrogens is 1. The van der Waals surface area contributed by atoms with E-state index in [1.54, 1.807) is 12.3 Å². The van der Waals surface area contributed by atoms with Gasteiger partial charge in [-0.1, -0.05) is 6.92 Å². The molecule has 3 heteroatoms. The Morgan fingerprint density at radius 1 is 1.53 bits per heavy atom. The van der Waals surface area contributed by atoms with E-state index in [1.165, 1.54) is 19.0 Å². The van der Waals surface area contributed by atoms with E-state index < -0.39 is 0 Å². The summed E-state index contributed by atoms with van der Waals surface area (Å²) in [5.41, 5.74) is 0.986. The topological polar surface area (TPSA) is 24.9 Å². The van der Waals surface area contributed by atoms with Crippen LogP contribution in [0.2, 0.25) is 0 Å². The molecule has 1 aliphatic carbocycles. The number of nitrogens with one attached hydrogen (secondary N) is 1. The van der Waals surface area contributed by atoms with Crippen LogP contribution in [0, 0.1) is 11.7 Å². The molecule has 2 nitrogen and oxygen atoms in total. The van der Waals surface area contributed by atoms with Crippen molar-refractivity contribution < 1.29 is 4.39 Å². The number of pyridine rings is 1. The summed E-state index contributed by atoms with van der Waals surface area (Å²) < 4.78 is 12.9. The average Bonchev–Trinajstić information content (AvgIpc) is 2.98. The first-order valence-corrected chi connectivity index (χ1v) is 5.57. The van der Waals surface area contributed by atoms with Crippen LogP contribution in [0.1, 0.15) is 25.3 Å². The smallest absolute Gasteiger partial charge is 0.141 e. The molecular weight excluding hydrogens is 191 g/mol. The lowest BCUT2D eigenvalue weighted by Crippen LogP contribution is -2.24. The van der Waals surface area contributed by atoms with Crippen LogP contribution < -0.4 is 5.32 Å². The molecule has 1 aromatic heterocycles. The Morgan fingerprint density at radius 2 is 2.33 bits per heavy atom. The Kier molecular flexibility index (Phi) is 3.31. The van der Waals surface area contributed by atoms with Gasteiger partial charge in [0.15, 0.2) is 0 Å². The van der Waals surface area contributed by atoms with Crippen molar-refractivity contribution in [3.63, 3.8) is 0 Å². The third-order valence-corrected chi connectivity index (χ3v) is 2.68. The maximum absolute atomic E-state index is 12.9. The van der Waals surface area contributed by atoms with Crippen molar-refractivity contribution in [1.82, 2.24) is 10.3 Å². The fraction of sp³-hybridized carbons (Fsp3) is 0.583. The minimum absolute atomic E-state index is 0.241.